The lowest BCUT2D eigenvalue weighted by molar-refractivity contribution is -0.384. The van der Waals surface area contributed by atoms with Crippen LogP contribution in [-0.2, 0) is 11.3 Å². The average molecular weight is 341 g/mol. The molecule has 0 bridgehead atoms. The molecule has 2 aromatic rings. The number of nitro benzene ring substituents is 1. The predicted molar refractivity (Wildman–Crippen MR) is 88.9 cm³/mol. The second kappa shape index (κ2) is 8.42. The third-order valence-corrected chi connectivity index (χ3v) is 3.36. The van der Waals surface area contributed by atoms with Crippen LogP contribution < -0.4 is 5.32 Å². The SMILES string of the molecule is N#Cc1ccccc1COC(=O)c1cc([N+](=O)[O-])ccc1NCCO. The highest BCUT2D eigenvalue weighted by molar-refractivity contribution is 5.96. The summed E-state index contributed by atoms with van der Waals surface area (Å²) in [7, 11) is 0. The Hall–Kier alpha value is -3.44. The molecule has 2 aromatic carbocycles. The minimum Gasteiger partial charge on any atom is -0.457 e. The molecule has 128 valence electrons. The van der Waals surface area contributed by atoms with Gasteiger partial charge in [0.15, 0.2) is 0 Å². The first-order chi connectivity index (χ1) is 12.1. The quantitative estimate of drug-likeness (QED) is 0.449. The molecule has 0 aliphatic rings. The number of non-ortho nitro benzene ring substituents is 1. The first-order valence-electron chi connectivity index (χ1n) is 7.35. The molecule has 0 unspecified atom stereocenters. The van der Waals surface area contributed by atoms with Crippen LogP contribution in [-0.4, -0.2) is 29.2 Å². The zero-order chi connectivity index (χ0) is 18.2. The summed E-state index contributed by atoms with van der Waals surface area (Å²) in [4.78, 5) is 22.7. The van der Waals surface area contributed by atoms with Crippen LogP contribution in [0.15, 0.2) is 42.5 Å². The number of aliphatic hydroxyl groups is 1. The first-order valence-corrected chi connectivity index (χ1v) is 7.35. The molecule has 8 heteroatoms. The largest absolute Gasteiger partial charge is 0.457 e. The van der Waals surface area contributed by atoms with E-state index in [0.717, 1.165) is 6.07 Å². The summed E-state index contributed by atoms with van der Waals surface area (Å²) >= 11 is 0. The van der Waals surface area contributed by atoms with Crippen LogP contribution in [0, 0.1) is 21.4 Å². The van der Waals surface area contributed by atoms with E-state index in [2.05, 4.69) is 5.32 Å². The smallest absolute Gasteiger partial charge is 0.340 e. The van der Waals surface area contributed by atoms with Crippen molar-refractivity contribution in [3.05, 3.63) is 69.3 Å². The van der Waals surface area contributed by atoms with E-state index >= 15 is 0 Å². The van der Waals surface area contributed by atoms with Gasteiger partial charge in [0.05, 0.1) is 28.7 Å². The third kappa shape index (κ3) is 4.53. The van der Waals surface area contributed by atoms with E-state index in [1.54, 1.807) is 24.3 Å². The van der Waals surface area contributed by atoms with Crippen molar-refractivity contribution >= 4 is 17.3 Å². The standard InChI is InChI=1S/C17H15N3O5/c18-10-12-3-1-2-4-13(12)11-25-17(22)15-9-14(20(23)24)5-6-16(15)19-7-8-21/h1-6,9,19,21H,7-8,11H2. The van der Waals surface area contributed by atoms with Crippen LogP contribution in [0.4, 0.5) is 11.4 Å². The fourth-order valence-electron chi connectivity index (χ4n) is 2.14. The van der Waals surface area contributed by atoms with E-state index in [4.69, 9.17) is 15.1 Å². The predicted octanol–water partition coefficient (Wildman–Crippen LogP) is 2.23. The Morgan fingerprint density at radius 2 is 2.08 bits per heavy atom. The van der Waals surface area contributed by atoms with E-state index in [0.29, 0.717) is 16.8 Å². The van der Waals surface area contributed by atoms with Gasteiger partial charge in [0, 0.05) is 29.9 Å². The Balaban J connectivity index is 2.23. The number of nitro groups is 1. The number of benzene rings is 2. The Morgan fingerprint density at radius 3 is 2.76 bits per heavy atom. The number of aliphatic hydroxyl groups excluding tert-OH is 1. The number of nitrogens with zero attached hydrogens (tertiary/aromatic N) is 2. The van der Waals surface area contributed by atoms with E-state index in [9.17, 15) is 14.9 Å². The summed E-state index contributed by atoms with van der Waals surface area (Å²) in [5, 5.41) is 31.7. The molecule has 2 N–H and O–H groups in total. The van der Waals surface area contributed by atoms with Gasteiger partial charge in [0.1, 0.15) is 6.61 Å². The summed E-state index contributed by atoms with van der Waals surface area (Å²) in [5.41, 5.74) is 0.968. The van der Waals surface area contributed by atoms with Crippen LogP contribution in [0.25, 0.3) is 0 Å². The number of anilines is 1. The fraction of sp³-hybridized carbons (Fsp3) is 0.176. The average Bonchev–Trinajstić information content (AvgIpc) is 2.64. The lowest BCUT2D eigenvalue weighted by atomic mass is 10.1. The van der Waals surface area contributed by atoms with Gasteiger partial charge in [0.2, 0.25) is 0 Å². The van der Waals surface area contributed by atoms with Crippen LogP contribution in [0.2, 0.25) is 0 Å². The van der Waals surface area contributed by atoms with Crippen LogP contribution >= 0.6 is 0 Å². The number of hydrogen-bond acceptors (Lipinski definition) is 7. The molecule has 0 radical (unpaired) electrons. The number of nitrogens with one attached hydrogen (secondary N) is 1. The monoisotopic (exact) mass is 341 g/mol. The minimum atomic E-state index is -0.767. The lowest BCUT2D eigenvalue weighted by Crippen LogP contribution is -2.13. The molecular weight excluding hydrogens is 326 g/mol. The van der Waals surface area contributed by atoms with Crippen LogP contribution in [0.3, 0.4) is 0 Å². The Bertz CT molecular complexity index is 829. The molecular formula is C17H15N3O5. The van der Waals surface area contributed by atoms with Crippen LogP contribution in [0.5, 0.6) is 0 Å². The maximum Gasteiger partial charge on any atom is 0.340 e. The highest BCUT2D eigenvalue weighted by Gasteiger charge is 2.18. The highest BCUT2D eigenvalue weighted by Crippen LogP contribution is 2.23. The minimum absolute atomic E-state index is 0.0166. The van der Waals surface area contributed by atoms with Crippen molar-refractivity contribution in [3.8, 4) is 6.07 Å². The van der Waals surface area contributed by atoms with Crippen molar-refractivity contribution in [2.45, 2.75) is 6.61 Å². The molecule has 0 atom stereocenters. The Kier molecular flexibility index (Phi) is 6.03. The number of rotatable bonds is 7. The second-order valence-electron chi connectivity index (χ2n) is 4.98. The van der Waals surface area contributed by atoms with Crippen molar-refractivity contribution < 1.29 is 19.6 Å². The maximum atomic E-state index is 12.3. The zero-order valence-electron chi connectivity index (χ0n) is 13.1. The number of nitriles is 1. The number of carbonyl (C=O) groups is 1. The first kappa shape index (κ1) is 17.9. The number of carbonyl (C=O) groups excluding carboxylic acids is 1. The molecule has 0 spiro atoms. The third-order valence-electron chi connectivity index (χ3n) is 3.36. The fourth-order valence-corrected chi connectivity index (χ4v) is 2.14. The number of ether oxygens (including phenoxy) is 1. The summed E-state index contributed by atoms with van der Waals surface area (Å²) in [6.45, 7) is -0.124. The molecule has 0 aromatic heterocycles. The van der Waals surface area contributed by atoms with Crippen molar-refractivity contribution in [2.24, 2.45) is 0 Å². The summed E-state index contributed by atoms with van der Waals surface area (Å²) in [6.07, 6.45) is 0. The number of hydrogen-bond donors (Lipinski definition) is 2. The number of esters is 1. The topological polar surface area (TPSA) is 125 Å². The Morgan fingerprint density at radius 1 is 1.32 bits per heavy atom. The molecule has 0 heterocycles. The van der Waals surface area contributed by atoms with Gasteiger partial charge in [-0.25, -0.2) is 4.79 Å². The van der Waals surface area contributed by atoms with Crippen molar-refractivity contribution in [3.63, 3.8) is 0 Å². The molecule has 0 fully saturated rings. The van der Waals surface area contributed by atoms with E-state index < -0.39 is 10.9 Å². The van der Waals surface area contributed by atoms with E-state index in [-0.39, 0.29) is 31.0 Å². The molecule has 0 saturated heterocycles. The summed E-state index contributed by atoms with van der Waals surface area (Å²) in [5.74, 6) is -0.767. The highest BCUT2D eigenvalue weighted by atomic mass is 16.6. The van der Waals surface area contributed by atoms with Gasteiger partial charge in [-0.3, -0.25) is 10.1 Å². The van der Waals surface area contributed by atoms with Crippen LogP contribution in [0.1, 0.15) is 21.5 Å². The second-order valence-corrected chi connectivity index (χ2v) is 4.98. The van der Waals surface area contributed by atoms with Crippen molar-refractivity contribution in [1.82, 2.24) is 0 Å². The van der Waals surface area contributed by atoms with Gasteiger partial charge in [-0.2, -0.15) is 5.26 Å². The van der Waals surface area contributed by atoms with Gasteiger partial charge in [0.25, 0.3) is 5.69 Å². The van der Waals surface area contributed by atoms with Crippen molar-refractivity contribution in [2.75, 3.05) is 18.5 Å². The summed E-state index contributed by atoms with van der Waals surface area (Å²) < 4.78 is 5.20. The van der Waals surface area contributed by atoms with Gasteiger partial charge >= 0.3 is 5.97 Å². The van der Waals surface area contributed by atoms with Gasteiger partial charge in [-0.1, -0.05) is 18.2 Å². The van der Waals surface area contributed by atoms with E-state index in [1.807, 2.05) is 6.07 Å². The summed E-state index contributed by atoms with van der Waals surface area (Å²) in [6, 6.07) is 12.4. The molecule has 8 nitrogen and oxygen atoms in total. The lowest BCUT2D eigenvalue weighted by Gasteiger charge is -2.11. The van der Waals surface area contributed by atoms with Crippen molar-refractivity contribution in [1.29, 1.82) is 5.26 Å². The zero-order valence-corrected chi connectivity index (χ0v) is 13.1. The molecule has 0 amide bonds. The molecule has 0 aliphatic carbocycles. The molecule has 25 heavy (non-hydrogen) atoms. The van der Waals surface area contributed by atoms with Gasteiger partial charge in [-0.15, -0.1) is 0 Å². The van der Waals surface area contributed by atoms with E-state index in [1.165, 1.54) is 12.1 Å². The Labute approximate surface area is 143 Å². The van der Waals surface area contributed by atoms with Gasteiger partial charge < -0.3 is 15.2 Å². The maximum absolute atomic E-state index is 12.3. The van der Waals surface area contributed by atoms with Gasteiger partial charge in [-0.05, 0) is 12.1 Å². The molecule has 0 saturated carbocycles. The normalized spacial score (nSPS) is 9.92. The molecule has 2 rings (SSSR count). The molecule has 0 aliphatic heterocycles.